The lowest BCUT2D eigenvalue weighted by atomic mass is 10.1. The second-order valence-corrected chi connectivity index (χ2v) is 5.61. The molecule has 4 heteroatoms. The number of ether oxygens (including phenoxy) is 1. The van der Waals surface area contributed by atoms with Gasteiger partial charge in [-0.15, -0.1) is 0 Å². The SMILES string of the molecule is CC.N#Cc1ccc(COc2ccc(C#CSI)cc2)cc1. The summed E-state index contributed by atoms with van der Waals surface area (Å²) in [7, 11) is 1.47. The fourth-order valence-electron chi connectivity index (χ4n) is 1.55. The fraction of sp³-hybridized carbons (Fsp3) is 0.167. The molecule has 0 bridgehead atoms. The quantitative estimate of drug-likeness (QED) is 0.481. The lowest BCUT2D eigenvalue weighted by Crippen LogP contribution is -1.95. The Kier molecular flexibility index (Phi) is 9.21. The highest BCUT2D eigenvalue weighted by Gasteiger charge is 1.97. The number of nitrogens with zero attached hydrogens (tertiary/aromatic N) is 1. The van der Waals surface area contributed by atoms with Gasteiger partial charge in [-0.2, -0.15) is 5.26 Å². The molecule has 0 heterocycles. The van der Waals surface area contributed by atoms with E-state index >= 15 is 0 Å². The van der Waals surface area contributed by atoms with Gasteiger partial charge < -0.3 is 4.74 Å². The molecule has 0 N–H and O–H groups in total. The normalized spacial score (nSPS) is 8.64. The summed E-state index contributed by atoms with van der Waals surface area (Å²) < 4.78 is 5.69. The molecule has 0 unspecified atom stereocenters. The average molecular weight is 421 g/mol. The van der Waals surface area contributed by atoms with Crippen molar-refractivity contribution in [1.82, 2.24) is 0 Å². The second kappa shape index (κ2) is 11.0. The lowest BCUT2D eigenvalue weighted by molar-refractivity contribution is 0.306. The van der Waals surface area contributed by atoms with E-state index in [0.29, 0.717) is 12.2 Å². The molecule has 0 aliphatic carbocycles. The van der Waals surface area contributed by atoms with Gasteiger partial charge in [0, 0.05) is 26.8 Å². The Morgan fingerprint density at radius 3 is 2.14 bits per heavy atom. The lowest BCUT2D eigenvalue weighted by Gasteiger charge is -2.06. The highest BCUT2D eigenvalue weighted by Crippen LogP contribution is 2.15. The molecule has 0 saturated carbocycles. The number of halogens is 1. The van der Waals surface area contributed by atoms with Gasteiger partial charge in [-0.05, 0) is 56.1 Å². The molecule has 2 nitrogen and oxygen atoms in total. The summed E-state index contributed by atoms with van der Waals surface area (Å²) in [5.74, 6) is 3.83. The molecule has 2 aromatic rings. The third-order valence-corrected chi connectivity index (χ3v) is 3.42. The van der Waals surface area contributed by atoms with Gasteiger partial charge in [0.15, 0.2) is 0 Å². The van der Waals surface area contributed by atoms with Crippen molar-refractivity contribution >= 4 is 30.1 Å². The molecule has 0 amide bonds. The largest absolute Gasteiger partial charge is 0.489 e. The maximum atomic E-state index is 8.73. The monoisotopic (exact) mass is 421 g/mol. The maximum Gasteiger partial charge on any atom is 0.119 e. The van der Waals surface area contributed by atoms with Gasteiger partial charge in [0.05, 0.1) is 11.6 Å². The standard InChI is InChI=1S/C16H10INOS.C2H6/c17-20-10-9-13-5-7-16(8-6-13)19-12-15-3-1-14(11-18)2-4-15;1-2/h1-8H,12H2;1-2H3. The van der Waals surface area contributed by atoms with E-state index in [1.165, 1.54) is 8.93 Å². The van der Waals surface area contributed by atoms with Crippen LogP contribution in [-0.4, -0.2) is 0 Å². The van der Waals surface area contributed by atoms with E-state index < -0.39 is 0 Å². The molecule has 0 aliphatic rings. The third kappa shape index (κ3) is 6.43. The van der Waals surface area contributed by atoms with Crippen LogP contribution in [0.15, 0.2) is 48.5 Å². The van der Waals surface area contributed by atoms with Crippen LogP contribution in [0.2, 0.25) is 0 Å². The third-order valence-electron chi connectivity index (χ3n) is 2.58. The van der Waals surface area contributed by atoms with Gasteiger partial charge in [-0.3, -0.25) is 0 Å². The number of benzene rings is 2. The summed E-state index contributed by atoms with van der Waals surface area (Å²) in [6.07, 6.45) is 0. The molecule has 0 aromatic heterocycles. The van der Waals surface area contributed by atoms with E-state index in [1.54, 1.807) is 12.1 Å². The number of rotatable bonds is 3. The molecule has 0 atom stereocenters. The Morgan fingerprint density at radius 2 is 1.59 bits per heavy atom. The van der Waals surface area contributed by atoms with Crippen molar-refractivity contribution in [3.05, 3.63) is 65.2 Å². The van der Waals surface area contributed by atoms with Crippen molar-refractivity contribution in [2.45, 2.75) is 20.5 Å². The molecule has 0 aliphatic heterocycles. The summed E-state index contributed by atoms with van der Waals surface area (Å²) in [6, 6.07) is 17.2. The van der Waals surface area contributed by atoms with Crippen molar-refractivity contribution in [3.63, 3.8) is 0 Å². The van der Waals surface area contributed by atoms with Gasteiger partial charge in [0.2, 0.25) is 0 Å². The number of nitriles is 1. The maximum absolute atomic E-state index is 8.73. The van der Waals surface area contributed by atoms with E-state index in [1.807, 2.05) is 50.2 Å². The second-order valence-electron chi connectivity index (χ2n) is 3.93. The zero-order chi connectivity index (χ0) is 16.2. The van der Waals surface area contributed by atoms with E-state index in [0.717, 1.165) is 16.9 Å². The predicted octanol–water partition coefficient (Wildman–Crippen LogP) is 5.56. The minimum atomic E-state index is 0.486. The van der Waals surface area contributed by atoms with Gasteiger partial charge in [-0.1, -0.05) is 31.9 Å². The number of hydrogen-bond donors (Lipinski definition) is 0. The zero-order valence-corrected chi connectivity index (χ0v) is 15.4. The van der Waals surface area contributed by atoms with Crippen LogP contribution in [-0.2, 0) is 6.61 Å². The van der Waals surface area contributed by atoms with Gasteiger partial charge in [0.1, 0.15) is 12.4 Å². The van der Waals surface area contributed by atoms with Crippen LogP contribution < -0.4 is 4.74 Å². The topological polar surface area (TPSA) is 33.0 Å². The Hall–Kier alpha value is -1.63. The predicted molar refractivity (Wildman–Crippen MR) is 102 cm³/mol. The Balaban J connectivity index is 0.00000116. The van der Waals surface area contributed by atoms with Crippen molar-refractivity contribution in [2.75, 3.05) is 0 Å². The zero-order valence-electron chi connectivity index (χ0n) is 12.5. The first kappa shape index (κ1) is 18.4. The van der Waals surface area contributed by atoms with Crippen LogP contribution in [0.5, 0.6) is 5.75 Å². The van der Waals surface area contributed by atoms with Crippen molar-refractivity contribution in [1.29, 1.82) is 5.26 Å². The Labute approximate surface area is 148 Å². The molecule has 22 heavy (non-hydrogen) atoms. The molecule has 112 valence electrons. The molecule has 2 aromatic carbocycles. The van der Waals surface area contributed by atoms with E-state index in [2.05, 4.69) is 38.4 Å². The highest BCUT2D eigenvalue weighted by molar-refractivity contribution is 14.2. The van der Waals surface area contributed by atoms with Gasteiger partial charge >= 0.3 is 0 Å². The van der Waals surface area contributed by atoms with Crippen LogP contribution in [0.4, 0.5) is 0 Å². The van der Waals surface area contributed by atoms with Gasteiger partial charge in [0.25, 0.3) is 0 Å². The first-order valence-corrected chi connectivity index (χ1v) is 10.2. The molecule has 0 saturated heterocycles. The molecule has 0 radical (unpaired) electrons. The molecular weight excluding hydrogens is 405 g/mol. The van der Waals surface area contributed by atoms with Crippen molar-refractivity contribution in [3.8, 4) is 23.0 Å². The summed E-state index contributed by atoms with van der Waals surface area (Å²) in [5.41, 5.74) is 2.67. The first-order valence-electron chi connectivity index (χ1n) is 6.82. The van der Waals surface area contributed by atoms with Crippen LogP contribution in [0, 0.1) is 22.5 Å². The highest BCUT2D eigenvalue weighted by atomic mass is 127. The Bertz CT molecular complexity index is 663. The minimum Gasteiger partial charge on any atom is -0.489 e. The van der Waals surface area contributed by atoms with Gasteiger partial charge in [-0.25, -0.2) is 0 Å². The minimum absolute atomic E-state index is 0.486. The Morgan fingerprint density at radius 1 is 1.00 bits per heavy atom. The van der Waals surface area contributed by atoms with Crippen LogP contribution >= 0.6 is 30.1 Å². The molecular formula is C18H16INOS. The summed E-state index contributed by atoms with van der Waals surface area (Å²) in [6.45, 7) is 4.49. The van der Waals surface area contributed by atoms with E-state index in [4.69, 9.17) is 10.00 Å². The smallest absolute Gasteiger partial charge is 0.119 e. The first-order chi connectivity index (χ1) is 10.8. The summed E-state index contributed by atoms with van der Waals surface area (Å²) in [5, 5.41) is 11.7. The average Bonchev–Trinajstić information content (AvgIpc) is 2.61. The van der Waals surface area contributed by atoms with Crippen LogP contribution in [0.3, 0.4) is 0 Å². The fourth-order valence-corrected chi connectivity index (χ4v) is 2.04. The van der Waals surface area contributed by atoms with Crippen molar-refractivity contribution < 1.29 is 4.74 Å². The summed E-state index contributed by atoms with van der Waals surface area (Å²) in [4.78, 5) is 0. The van der Waals surface area contributed by atoms with E-state index in [9.17, 15) is 0 Å². The number of hydrogen-bond acceptors (Lipinski definition) is 3. The molecule has 0 fully saturated rings. The molecule has 2 rings (SSSR count). The van der Waals surface area contributed by atoms with Crippen LogP contribution in [0.1, 0.15) is 30.5 Å². The van der Waals surface area contributed by atoms with E-state index in [-0.39, 0.29) is 0 Å². The van der Waals surface area contributed by atoms with Crippen molar-refractivity contribution in [2.24, 2.45) is 0 Å². The molecule has 0 spiro atoms. The summed E-state index contributed by atoms with van der Waals surface area (Å²) >= 11 is 2.14. The van der Waals surface area contributed by atoms with Crippen LogP contribution in [0.25, 0.3) is 0 Å².